The molecular weight excluding hydrogens is 125 g/mol. The van der Waals surface area contributed by atoms with E-state index in [1.165, 1.54) is 0 Å². The van der Waals surface area contributed by atoms with Gasteiger partial charge in [-0.25, -0.2) is 0 Å². The number of carbonyl (C=O) groups excluding carboxylic acids is 2. The number of hydrogen-bond acceptors (Lipinski definition) is 3. The van der Waals surface area contributed by atoms with Gasteiger partial charge in [0.1, 0.15) is 0 Å². The topological polar surface area (TPSA) is 55.4 Å². The van der Waals surface area contributed by atoms with E-state index >= 15 is 0 Å². The van der Waals surface area contributed by atoms with Crippen molar-refractivity contribution in [1.82, 2.24) is 5.48 Å². The Morgan fingerprint density at radius 3 is 2.14 bits per heavy atom. The third kappa shape index (κ3) is 10.8. The fourth-order valence-electron chi connectivity index (χ4n) is 0.0556. The van der Waals surface area contributed by atoms with Crippen LogP contribution in [0.4, 0.5) is 0 Å². The van der Waals surface area contributed by atoms with Gasteiger partial charge in [-0.05, 0) is 0 Å². The van der Waals surface area contributed by atoms with E-state index in [9.17, 15) is 0 Å². The number of rotatable bonds is 3. The molecule has 0 spiro atoms. The standard InChI is InChI=1S/C2H3NO3.K.H/c4-1-3-6-2-5;;/h1-2H,(H,3,4);;. The van der Waals surface area contributed by atoms with Crippen molar-refractivity contribution >= 4 is 64.3 Å². The van der Waals surface area contributed by atoms with Crippen LogP contribution in [0.1, 0.15) is 0 Å². The summed E-state index contributed by atoms with van der Waals surface area (Å²) >= 11 is 0. The first-order chi connectivity index (χ1) is 2.91. The summed E-state index contributed by atoms with van der Waals surface area (Å²) in [5.74, 6) is 0. The van der Waals surface area contributed by atoms with Crippen LogP contribution in [-0.4, -0.2) is 64.3 Å². The molecule has 1 amide bonds. The molecule has 0 radical (unpaired) electrons. The van der Waals surface area contributed by atoms with Gasteiger partial charge in [0.05, 0.1) is 0 Å². The summed E-state index contributed by atoms with van der Waals surface area (Å²) in [5, 5.41) is 0. The average molecular weight is 129 g/mol. The molecule has 0 heterocycles. The number of carbonyl (C=O) groups is 2. The van der Waals surface area contributed by atoms with Crippen molar-refractivity contribution in [3.05, 3.63) is 0 Å². The molecule has 0 saturated heterocycles. The van der Waals surface area contributed by atoms with Crippen LogP contribution in [0, 0.1) is 0 Å². The molecule has 4 nitrogen and oxygen atoms in total. The van der Waals surface area contributed by atoms with Gasteiger partial charge in [-0.2, -0.15) is 5.48 Å². The Hall–Kier alpha value is 0.576. The Labute approximate surface area is 83.0 Å². The van der Waals surface area contributed by atoms with Crippen LogP contribution < -0.4 is 5.48 Å². The van der Waals surface area contributed by atoms with E-state index < -0.39 is 0 Å². The fourth-order valence-corrected chi connectivity index (χ4v) is 0.0556. The number of hydroxylamine groups is 1. The second-order valence-corrected chi connectivity index (χ2v) is 0.450. The van der Waals surface area contributed by atoms with Crippen LogP contribution in [0.25, 0.3) is 0 Å². The van der Waals surface area contributed by atoms with E-state index in [0.717, 1.165) is 0 Å². The molecule has 0 atom stereocenters. The molecule has 0 rings (SSSR count). The molecule has 0 aromatic rings. The van der Waals surface area contributed by atoms with Gasteiger partial charge in [0.15, 0.2) is 0 Å². The molecular formula is C2H4KNO3. The average Bonchev–Trinajstić information content (AvgIpc) is 1.61. The second kappa shape index (κ2) is 9.76. The molecule has 0 saturated carbocycles. The monoisotopic (exact) mass is 129 g/mol. The second-order valence-electron chi connectivity index (χ2n) is 0.450. The van der Waals surface area contributed by atoms with E-state index in [1.54, 1.807) is 5.48 Å². The van der Waals surface area contributed by atoms with Crippen LogP contribution in [0.2, 0.25) is 0 Å². The molecule has 0 unspecified atom stereocenters. The van der Waals surface area contributed by atoms with Gasteiger partial charge in [0.25, 0.3) is 0 Å². The van der Waals surface area contributed by atoms with Gasteiger partial charge in [-0.3, -0.25) is 9.59 Å². The van der Waals surface area contributed by atoms with Crippen LogP contribution in [-0.2, 0) is 14.4 Å². The fraction of sp³-hybridized carbons (Fsp3) is 0. The summed E-state index contributed by atoms with van der Waals surface area (Å²) in [4.78, 5) is 22.0. The zero-order chi connectivity index (χ0) is 4.83. The van der Waals surface area contributed by atoms with E-state index in [2.05, 4.69) is 4.84 Å². The molecule has 0 aliphatic carbocycles. The number of amides is 1. The maximum absolute atomic E-state index is 9.17. The Kier molecular flexibility index (Phi) is 14.7. The predicted octanol–water partition coefficient (Wildman–Crippen LogP) is -1.83. The van der Waals surface area contributed by atoms with E-state index in [4.69, 9.17) is 9.59 Å². The molecule has 36 valence electrons. The third-order valence-electron chi connectivity index (χ3n) is 0.164. The molecule has 0 bridgehead atoms. The van der Waals surface area contributed by atoms with Crippen molar-refractivity contribution in [2.75, 3.05) is 0 Å². The first-order valence-corrected chi connectivity index (χ1v) is 1.20. The molecule has 0 fully saturated rings. The number of hydrogen-bond donors (Lipinski definition) is 1. The Morgan fingerprint density at radius 1 is 1.43 bits per heavy atom. The zero-order valence-electron chi connectivity index (χ0n) is 2.88. The summed E-state index contributed by atoms with van der Waals surface area (Å²) < 4.78 is 0. The summed E-state index contributed by atoms with van der Waals surface area (Å²) in [6, 6.07) is 0. The van der Waals surface area contributed by atoms with Crippen LogP contribution >= 0.6 is 0 Å². The van der Waals surface area contributed by atoms with Gasteiger partial charge >= 0.3 is 57.9 Å². The quantitative estimate of drug-likeness (QED) is 0.211. The SMILES string of the molecule is O=CNOC=O.[KH]. The summed E-state index contributed by atoms with van der Waals surface area (Å²) in [7, 11) is 0. The summed E-state index contributed by atoms with van der Waals surface area (Å²) in [5.41, 5.74) is 1.65. The molecule has 0 aliphatic rings. The van der Waals surface area contributed by atoms with Crippen LogP contribution in [0.5, 0.6) is 0 Å². The Bertz CT molecular complexity index is 48.9. The third-order valence-corrected chi connectivity index (χ3v) is 0.164. The van der Waals surface area contributed by atoms with Crippen molar-refractivity contribution in [1.29, 1.82) is 0 Å². The molecule has 5 heteroatoms. The van der Waals surface area contributed by atoms with Gasteiger partial charge in [0, 0.05) is 0 Å². The zero-order valence-corrected chi connectivity index (χ0v) is 2.88. The Morgan fingerprint density at radius 2 is 2.00 bits per heavy atom. The minimum atomic E-state index is 0. The Balaban J connectivity index is 0. The van der Waals surface area contributed by atoms with Gasteiger partial charge in [-0.1, -0.05) is 0 Å². The van der Waals surface area contributed by atoms with Crippen LogP contribution in [0.3, 0.4) is 0 Å². The first kappa shape index (κ1) is 10.5. The minimum absolute atomic E-state index is 0. The van der Waals surface area contributed by atoms with Crippen molar-refractivity contribution in [3.8, 4) is 0 Å². The van der Waals surface area contributed by atoms with E-state index in [1.807, 2.05) is 0 Å². The maximum atomic E-state index is 9.17. The van der Waals surface area contributed by atoms with Crippen molar-refractivity contribution in [3.63, 3.8) is 0 Å². The summed E-state index contributed by atoms with van der Waals surface area (Å²) in [6.07, 6.45) is 0.258. The van der Waals surface area contributed by atoms with E-state index in [0.29, 0.717) is 0 Å². The van der Waals surface area contributed by atoms with Gasteiger partial charge in [0.2, 0.25) is 6.41 Å². The molecule has 7 heavy (non-hydrogen) atoms. The van der Waals surface area contributed by atoms with Gasteiger partial charge < -0.3 is 4.84 Å². The predicted molar refractivity (Wildman–Crippen MR) is 23.5 cm³/mol. The molecule has 0 aliphatic heterocycles. The molecule has 0 aromatic carbocycles. The van der Waals surface area contributed by atoms with E-state index in [-0.39, 0.29) is 64.3 Å². The number of nitrogens with one attached hydrogen (secondary N) is 1. The van der Waals surface area contributed by atoms with Crippen LogP contribution in [0.15, 0.2) is 0 Å². The van der Waals surface area contributed by atoms with Crippen molar-refractivity contribution < 1.29 is 14.4 Å². The van der Waals surface area contributed by atoms with Crippen molar-refractivity contribution in [2.24, 2.45) is 0 Å². The van der Waals surface area contributed by atoms with Gasteiger partial charge in [-0.15, -0.1) is 0 Å². The molecule has 0 aromatic heterocycles. The summed E-state index contributed by atoms with van der Waals surface area (Å²) in [6.45, 7) is 0.119. The normalized spacial score (nSPS) is 5.14. The molecule has 1 N–H and O–H groups in total. The first-order valence-electron chi connectivity index (χ1n) is 1.20. The van der Waals surface area contributed by atoms with Crippen molar-refractivity contribution in [2.45, 2.75) is 0 Å².